The third-order valence-electron chi connectivity index (χ3n) is 23.3. The monoisotopic (exact) mass is 1560 g/mol. The first-order chi connectivity index (χ1) is 51.7. The van der Waals surface area contributed by atoms with Gasteiger partial charge in [-0.3, -0.25) is 19.2 Å². The van der Waals surface area contributed by atoms with Crippen LogP contribution in [0.4, 0.5) is 0 Å². The Balaban J connectivity index is 0.943. The van der Waals surface area contributed by atoms with E-state index >= 15 is 0 Å². The van der Waals surface area contributed by atoms with Gasteiger partial charge in [0, 0.05) is 72.1 Å². The molecule has 0 radical (unpaired) electrons. The fourth-order valence-corrected chi connectivity index (χ4v) is 16.4. The van der Waals surface area contributed by atoms with Crippen molar-refractivity contribution in [2.45, 2.75) is 376 Å². The molecule has 28 nitrogen and oxygen atoms in total. The van der Waals surface area contributed by atoms with Gasteiger partial charge in [-0.25, -0.2) is 4.79 Å². The van der Waals surface area contributed by atoms with E-state index in [1.807, 2.05) is 6.92 Å². The fraction of sp³-hybridized carbons (Fsp3) is 0.793. The van der Waals surface area contributed by atoms with E-state index in [4.69, 9.17) is 42.6 Å². The number of hydrogen-bond donors (Lipinski definition) is 14. The first kappa shape index (κ1) is 92.7. The van der Waals surface area contributed by atoms with Gasteiger partial charge in [0.05, 0.1) is 115 Å². The normalized spacial score (nSPS) is 39.5. The predicted molar refractivity (Wildman–Crippen MR) is 399 cm³/mol. The van der Waals surface area contributed by atoms with Crippen LogP contribution < -0.4 is 0 Å². The summed E-state index contributed by atoms with van der Waals surface area (Å²) in [5, 5.41) is 156. The molecule has 0 amide bonds. The molecular formula is C82H130O28. The Bertz CT molecular complexity index is 3180. The third kappa shape index (κ3) is 26.3. The minimum Gasteiger partial charge on any atom is -0.459 e. The fourth-order valence-electron chi connectivity index (χ4n) is 16.4. The standard InChI is InChI=1S/C82H130O28/c1-13-66(105-71-41-81(12,100)79(51(11)104-71)109-70-32-30-67(50(10)103-70)106-80(99)48(8)77(108-69-31-29-64(91)49(9)102-69)52-25-28-62-63(34-52)65(92)33-44(4)72(62)94)45(5)74(96)46(6)75(97)47(7)76-43(3)24-27-54(84)18-15-20-57(87)36-58(88)37-59(89)38-61-39-60(90)40-82(101,110-61)78(98)73(95)42(2)23-26-53(83)17-14-19-55(85)35-56(86)21-16-22-68(93)107-76/h16,22,24-25,27-28,33-34,42-43,45-51,53-61,64,66-67,69-71,73-77,79,83-91,95-97,100-101H,13-15,17-21,23,26,29-32,35-41H2,1-12H3/b22-16+,27-24+/t42-,43+,45+,46-,47+,48-,49+,50+,51+,53-,54+,55-,56+,57-,58-,59+,60+,61-,64+,66+,67+,69+,70+,71+,73+,74+,75+,76+,77+,79-,81-,82-/m1/s1. The number of esters is 2. The van der Waals surface area contributed by atoms with E-state index in [2.05, 4.69) is 0 Å². The maximum Gasteiger partial charge on any atom is 0.330 e. The van der Waals surface area contributed by atoms with E-state index in [1.165, 1.54) is 18.2 Å². The minimum absolute atomic E-state index is 0.0503. The number of ketones is 3. The third-order valence-corrected chi connectivity index (χ3v) is 23.3. The van der Waals surface area contributed by atoms with Crippen molar-refractivity contribution in [3.8, 4) is 0 Å². The molecule has 28 heteroatoms. The number of aliphatic hydroxyl groups excluding tert-OH is 12. The molecule has 4 fully saturated rings. The van der Waals surface area contributed by atoms with Gasteiger partial charge in [0.2, 0.25) is 11.6 Å². The molecule has 0 aromatic heterocycles. The van der Waals surface area contributed by atoms with E-state index in [9.17, 15) is 95.5 Å². The van der Waals surface area contributed by atoms with Crippen LogP contribution >= 0.6 is 0 Å². The molecule has 7 rings (SSSR count). The van der Waals surface area contributed by atoms with Crippen molar-refractivity contribution in [3.63, 3.8) is 0 Å². The van der Waals surface area contributed by atoms with Crippen molar-refractivity contribution in [2.75, 3.05) is 0 Å². The number of carbonyl (C=O) groups excluding carboxylic acids is 5. The van der Waals surface area contributed by atoms with Gasteiger partial charge in [-0.15, -0.1) is 0 Å². The van der Waals surface area contributed by atoms with Gasteiger partial charge in [0.1, 0.15) is 24.4 Å². The number of benzene rings is 1. The Morgan fingerprint density at radius 1 is 0.627 bits per heavy atom. The summed E-state index contributed by atoms with van der Waals surface area (Å²) < 4.78 is 56.1. The van der Waals surface area contributed by atoms with E-state index in [1.54, 1.807) is 100 Å². The van der Waals surface area contributed by atoms with E-state index in [-0.39, 0.29) is 113 Å². The number of fused-ring (bicyclic) bond motifs is 3. The quantitative estimate of drug-likeness (QED) is 0.0648. The average Bonchev–Trinajstić information content (AvgIpc) is 0.796. The first-order valence-corrected chi connectivity index (χ1v) is 40.1. The summed E-state index contributed by atoms with van der Waals surface area (Å²) in [6, 6.07) is 4.77. The van der Waals surface area contributed by atoms with Crippen molar-refractivity contribution in [2.24, 2.45) is 35.5 Å². The van der Waals surface area contributed by atoms with Gasteiger partial charge in [-0.05, 0) is 180 Å². The molecule has 6 aliphatic rings. The zero-order valence-corrected chi connectivity index (χ0v) is 66.3. The molecule has 4 saturated heterocycles. The van der Waals surface area contributed by atoms with Gasteiger partial charge in [0.15, 0.2) is 30.4 Å². The highest BCUT2D eigenvalue weighted by molar-refractivity contribution is 6.24. The van der Waals surface area contributed by atoms with Crippen molar-refractivity contribution < 1.29 is 138 Å². The van der Waals surface area contributed by atoms with E-state index in [0.717, 1.165) is 6.08 Å². The van der Waals surface area contributed by atoms with Crippen molar-refractivity contribution >= 4 is 29.3 Å². The number of ether oxygens (including phenoxy) is 9. The molecule has 1 aromatic rings. The molecule has 110 heavy (non-hydrogen) atoms. The van der Waals surface area contributed by atoms with Crippen molar-refractivity contribution in [1.82, 2.24) is 0 Å². The number of cyclic esters (lactones) is 1. The topological polar surface area (TPSA) is 452 Å². The highest BCUT2D eigenvalue weighted by atomic mass is 16.7. The molecule has 2 bridgehead atoms. The summed E-state index contributed by atoms with van der Waals surface area (Å²) in [5.41, 5.74) is -0.336. The largest absolute Gasteiger partial charge is 0.459 e. The predicted octanol–water partition coefficient (Wildman–Crippen LogP) is 5.79. The molecule has 1 aromatic carbocycles. The van der Waals surface area contributed by atoms with Crippen LogP contribution in [0.5, 0.6) is 0 Å². The summed E-state index contributed by atoms with van der Waals surface area (Å²) in [6.45, 7) is 20.3. The van der Waals surface area contributed by atoms with Crippen molar-refractivity contribution in [3.05, 3.63) is 70.8 Å². The summed E-state index contributed by atoms with van der Waals surface area (Å²) in [5.74, 6) is -10.5. The van der Waals surface area contributed by atoms with Gasteiger partial charge in [0.25, 0.3) is 0 Å². The Hall–Kier alpha value is -4.45. The maximum absolute atomic E-state index is 14.2. The lowest BCUT2D eigenvalue weighted by Crippen LogP contribution is -2.59. The van der Waals surface area contributed by atoms with Crippen LogP contribution in [0.25, 0.3) is 0 Å². The SMILES string of the molecule is CC[C@H](O[C@H]1C[C@@](C)(O)[C@H](O[C@H]2CC[C@H](OC(=O)[C@H](C)[C@H](O[C@H]3CC[C@H](O)[C@H](C)O3)c3ccc4c(c3)C(=O)C=C(C)C4=O)[C@H](C)O2)[C@H](C)O1)[C@H](C)[C@H](O)[C@@H](C)[C@H](O)[C@H](C)[C@H]1OC(=O)/C=C/C[C@H](O)C[C@H](O)CCC[C@@H](O)CC[C@@H](C)[C@H](O)C(=O)[C@@]2(O)C[C@@H](O)C[C@@H](C[C@@H](O)C[C@H](O)C[C@H](O)CCC[C@H](O)/C=C/[C@@H]1C)O2. The van der Waals surface area contributed by atoms with Gasteiger partial charge in [-0.2, -0.15) is 0 Å². The minimum atomic E-state index is -2.58. The number of hydrogen-bond acceptors (Lipinski definition) is 28. The van der Waals surface area contributed by atoms with Crippen LogP contribution in [-0.4, -0.2) is 253 Å². The lowest BCUT2D eigenvalue weighted by atomic mass is 9.78. The Kier molecular flexibility index (Phi) is 35.8. The number of carbonyl (C=O) groups is 5. The van der Waals surface area contributed by atoms with Gasteiger partial charge < -0.3 is 114 Å². The number of rotatable bonds is 17. The Labute approximate surface area is 647 Å². The second kappa shape index (κ2) is 42.4. The Morgan fingerprint density at radius 2 is 1.25 bits per heavy atom. The van der Waals surface area contributed by atoms with Crippen LogP contribution in [0.2, 0.25) is 0 Å². The maximum atomic E-state index is 14.2. The number of aliphatic hydroxyl groups is 14. The molecule has 626 valence electrons. The molecule has 1 aliphatic carbocycles. The molecule has 5 aliphatic heterocycles. The van der Waals surface area contributed by atoms with Crippen LogP contribution in [0.1, 0.15) is 250 Å². The zero-order valence-electron chi connectivity index (χ0n) is 66.3. The summed E-state index contributed by atoms with van der Waals surface area (Å²) in [4.78, 5) is 67.5. The molecule has 32 atom stereocenters. The van der Waals surface area contributed by atoms with Crippen LogP contribution in [0.15, 0.2) is 54.2 Å². The molecule has 0 saturated carbocycles. The highest BCUT2D eigenvalue weighted by Crippen LogP contribution is 2.41. The molecular weight excluding hydrogens is 1430 g/mol. The molecule has 0 unspecified atom stereocenters. The second-order valence-electron chi connectivity index (χ2n) is 33.0. The molecule has 14 N–H and O–H groups in total. The number of allylic oxidation sites excluding steroid dienone is 2. The Morgan fingerprint density at radius 3 is 1.91 bits per heavy atom. The lowest BCUT2D eigenvalue weighted by molar-refractivity contribution is -0.330. The highest BCUT2D eigenvalue weighted by Gasteiger charge is 2.52. The number of Topliss-reactive ketones (excluding diaryl/α,β-unsaturated/α-hetero) is 2. The summed E-state index contributed by atoms with van der Waals surface area (Å²) >= 11 is 0. The molecule has 5 heterocycles. The van der Waals surface area contributed by atoms with Gasteiger partial charge >= 0.3 is 11.9 Å². The van der Waals surface area contributed by atoms with Crippen LogP contribution in [-0.2, 0) is 57.0 Å². The van der Waals surface area contributed by atoms with Gasteiger partial charge in [-0.1, -0.05) is 65.8 Å². The van der Waals surface area contributed by atoms with Crippen LogP contribution in [0.3, 0.4) is 0 Å². The second-order valence-corrected chi connectivity index (χ2v) is 33.0. The molecule has 0 spiro atoms. The lowest BCUT2D eigenvalue weighted by Gasteiger charge is -2.47. The summed E-state index contributed by atoms with van der Waals surface area (Å²) in [6.07, 6.45) is -14.6. The zero-order chi connectivity index (χ0) is 81.4. The smallest absolute Gasteiger partial charge is 0.330 e. The van der Waals surface area contributed by atoms with Crippen LogP contribution in [0, 0.1) is 35.5 Å². The first-order valence-electron chi connectivity index (χ1n) is 40.1. The van der Waals surface area contributed by atoms with E-state index < -0.39 is 218 Å². The van der Waals surface area contributed by atoms with Crippen molar-refractivity contribution in [1.29, 1.82) is 0 Å². The van der Waals surface area contributed by atoms with E-state index in [0.29, 0.717) is 49.7 Å². The summed E-state index contributed by atoms with van der Waals surface area (Å²) in [7, 11) is 0. The average molecular weight is 1560 g/mol.